The van der Waals surface area contributed by atoms with Gasteiger partial charge in [0.05, 0.1) is 41.0 Å². The zero-order valence-corrected chi connectivity index (χ0v) is 27.1. The number of ether oxygens (including phenoxy) is 2. The Labute approximate surface area is 272 Å². The normalized spacial score (nSPS) is 26.2. The molecular weight excluding hydrogens is 628 g/mol. The Bertz CT molecular complexity index is 2040. The van der Waals surface area contributed by atoms with E-state index in [2.05, 4.69) is 38.5 Å². The number of benzene rings is 1. The molecule has 47 heavy (non-hydrogen) atoms. The van der Waals surface area contributed by atoms with Crippen molar-refractivity contribution in [2.24, 2.45) is 0 Å². The maximum Gasteiger partial charge on any atom is 0.412 e. The molecule has 0 unspecified atom stereocenters. The molecule has 1 amide bonds. The molecule has 4 aromatic rings. The number of hydrogen-bond donors (Lipinski definition) is 3. The summed E-state index contributed by atoms with van der Waals surface area (Å²) in [6, 6.07) is 2.27. The number of rotatable bonds is 5. The van der Waals surface area contributed by atoms with Crippen molar-refractivity contribution < 1.29 is 28.2 Å². The molecule has 2 aliphatic heterocycles. The van der Waals surface area contributed by atoms with Crippen LogP contribution in [-0.2, 0) is 22.7 Å². The van der Waals surface area contributed by atoms with E-state index in [0.717, 1.165) is 43.2 Å². The molecule has 244 valence electrons. The molecule has 0 spiro atoms. The highest BCUT2D eigenvalue weighted by molar-refractivity contribution is 7.23. The molecule has 14 heteroatoms. The molecule has 3 N–H and O–H groups in total. The first-order valence-corrected chi connectivity index (χ1v) is 16.5. The lowest BCUT2D eigenvalue weighted by Gasteiger charge is -2.68. The Hall–Kier alpha value is -4.03. The van der Waals surface area contributed by atoms with Gasteiger partial charge in [-0.15, -0.1) is 11.3 Å². The van der Waals surface area contributed by atoms with Gasteiger partial charge in [0.2, 0.25) is 5.95 Å². The van der Waals surface area contributed by atoms with Crippen LogP contribution < -0.4 is 15.5 Å². The minimum atomic E-state index is -0.805. The van der Waals surface area contributed by atoms with Crippen LogP contribution in [0.4, 0.5) is 24.5 Å². The van der Waals surface area contributed by atoms with Gasteiger partial charge >= 0.3 is 6.09 Å². The van der Waals surface area contributed by atoms with Crippen molar-refractivity contribution >= 4 is 49.4 Å². The molecule has 1 saturated heterocycles. The van der Waals surface area contributed by atoms with E-state index in [-0.39, 0.29) is 68.3 Å². The lowest BCUT2D eigenvalue weighted by atomic mass is 9.46. The first kappa shape index (κ1) is 30.3. The first-order chi connectivity index (χ1) is 22.3. The molecular formula is C33H33F2N7O4S. The molecule has 9 rings (SSSR count). The number of hydrogen-bond acceptors (Lipinski definition) is 11. The van der Waals surface area contributed by atoms with Crippen LogP contribution in [0.2, 0.25) is 0 Å². The van der Waals surface area contributed by atoms with Crippen LogP contribution in [0.15, 0.2) is 12.4 Å². The van der Waals surface area contributed by atoms with Crippen LogP contribution in [0.5, 0.6) is 0 Å². The molecule has 2 bridgehead atoms. The predicted molar refractivity (Wildman–Crippen MR) is 171 cm³/mol. The quantitative estimate of drug-likeness (QED) is 0.245. The maximum atomic E-state index is 16.9. The number of anilines is 2. The van der Waals surface area contributed by atoms with Gasteiger partial charge in [-0.2, -0.15) is 5.26 Å². The van der Waals surface area contributed by atoms with Crippen LogP contribution in [0, 0.1) is 23.0 Å². The average Bonchev–Trinajstić information content (AvgIpc) is 3.69. The summed E-state index contributed by atoms with van der Waals surface area (Å²) < 4.78 is 43.3. The van der Waals surface area contributed by atoms with Crippen LogP contribution >= 0.6 is 11.3 Å². The van der Waals surface area contributed by atoms with Gasteiger partial charge < -0.3 is 24.8 Å². The summed E-state index contributed by atoms with van der Waals surface area (Å²) in [5, 5.41) is 27.4. The van der Waals surface area contributed by atoms with Gasteiger partial charge in [-0.1, -0.05) is 0 Å². The van der Waals surface area contributed by atoms with E-state index in [1.54, 1.807) is 27.0 Å². The number of carbonyl (C=O) groups is 1. The smallest absolute Gasteiger partial charge is 0.412 e. The van der Waals surface area contributed by atoms with Gasteiger partial charge in [-0.3, -0.25) is 10.3 Å². The second-order valence-corrected chi connectivity index (χ2v) is 15.3. The van der Waals surface area contributed by atoms with Crippen LogP contribution in [0.25, 0.3) is 32.2 Å². The van der Waals surface area contributed by atoms with E-state index in [9.17, 15) is 15.2 Å². The van der Waals surface area contributed by atoms with Crippen LogP contribution in [-0.4, -0.2) is 61.5 Å². The van der Waals surface area contributed by atoms with Gasteiger partial charge in [0, 0.05) is 46.7 Å². The number of fused-ring (bicyclic) bond motifs is 4. The number of aliphatic hydroxyl groups is 1. The number of nitriles is 1. The molecule has 11 nitrogen and oxygen atoms in total. The fourth-order valence-electron chi connectivity index (χ4n) is 7.84. The van der Waals surface area contributed by atoms with E-state index in [4.69, 9.17) is 14.5 Å². The van der Waals surface area contributed by atoms with E-state index in [0.29, 0.717) is 29.0 Å². The Morgan fingerprint density at radius 2 is 1.96 bits per heavy atom. The summed E-state index contributed by atoms with van der Waals surface area (Å²) in [4.78, 5) is 28.4. The summed E-state index contributed by atoms with van der Waals surface area (Å²) >= 11 is 0.858. The fraction of sp³-hybridized carbons (Fsp3) is 0.485. The molecule has 5 heterocycles. The van der Waals surface area contributed by atoms with Gasteiger partial charge in [0.25, 0.3) is 0 Å². The summed E-state index contributed by atoms with van der Waals surface area (Å²) in [5.41, 5.74) is 0.128. The van der Waals surface area contributed by atoms with E-state index in [1.165, 1.54) is 0 Å². The molecule has 3 saturated carbocycles. The Morgan fingerprint density at radius 3 is 2.66 bits per heavy atom. The first-order valence-electron chi connectivity index (χ1n) is 15.6. The van der Waals surface area contributed by atoms with Gasteiger partial charge in [-0.05, 0) is 64.5 Å². The molecule has 2 atom stereocenters. The Morgan fingerprint density at radius 1 is 1.21 bits per heavy atom. The number of halogens is 2. The fourth-order valence-corrected chi connectivity index (χ4v) is 8.87. The second kappa shape index (κ2) is 10.2. The number of nitrogens with one attached hydrogen (secondary N) is 2. The number of pyridine rings is 1. The number of amides is 1. The summed E-state index contributed by atoms with van der Waals surface area (Å²) in [5.74, 6) is -0.988. The second-order valence-electron chi connectivity index (χ2n) is 14.3. The van der Waals surface area contributed by atoms with E-state index < -0.39 is 28.9 Å². The molecule has 3 aliphatic carbocycles. The SMILES string of the molecule is C[C@H]1[C@@H](NC23CC(O)(C2)C3)CCN1c1ncc2c3c(c(-c4ncc(F)c5sc(NC(=O)OC(C)(C)C)c(C#N)c45)c(F)c2n1)COC3. The van der Waals surface area contributed by atoms with Crippen molar-refractivity contribution in [3.05, 3.63) is 40.7 Å². The monoisotopic (exact) mass is 661 g/mol. The largest absolute Gasteiger partial charge is 0.444 e. The van der Waals surface area contributed by atoms with E-state index >= 15 is 8.78 Å². The minimum Gasteiger partial charge on any atom is -0.444 e. The standard InChI is InChI=1S/C33H33F2N7O4S/c1-15-21(41-32-12-33(44,13-32)14-32)5-6-42(15)29-38-8-17-18-10-45-11-19(18)22(24(35)25(17)39-29)26-23-16(7-36)28(40-30(43)46-31(2,3)4)47-27(23)20(34)9-37-26/h8-9,15,21,41,44H,5-6,10-14H2,1-4H3,(H,40,43)/t15-,21-,32?,33?/m0/s1. The molecule has 1 aromatic carbocycles. The minimum absolute atomic E-state index is 0.00914. The number of carbonyl (C=O) groups excluding carboxylic acids is 1. The highest BCUT2D eigenvalue weighted by Crippen LogP contribution is 2.60. The Balaban J connectivity index is 1.21. The summed E-state index contributed by atoms with van der Waals surface area (Å²) in [6.45, 7) is 8.17. The highest BCUT2D eigenvalue weighted by Gasteiger charge is 2.68. The molecule has 3 aromatic heterocycles. The predicted octanol–water partition coefficient (Wildman–Crippen LogP) is 5.66. The zero-order chi connectivity index (χ0) is 33.0. The van der Waals surface area contributed by atoms with E-state index in [1.807, 2.05) is 0 Å². The third-order valence-corrected chi connectivity index (χ3v) is 10.9. The average molecular weight is 662 g/mol. The van der Waals surface area contributed by atoms with Crippen molar-refractivity contribution in [3.8, 4) is 17.3 Å². The topological polar surface area (TPSA) is 146 Å². The number of nitrogens with zero attached hydrogens (tertiary/aromatic N) is 5. The van der Waals surface area contributed by atoms with Gasteiger partial charge in [0.15, 0.2) is 11.6 Å². The number of thiophene rings is 1. The lowest BCUT2D eigenvalue weighted by Crippen LogP contribution is -2.79. The summed E-state index contributed by atoms with van der Waals surface area (Å²) in [6.07, 6.45) is 5.01. The van der Waals surface area contributed by atoms with Crippen molar-refractivity contribution in [2.45, 2.75) is 95.4 Å². The Kier molecular flexibility index (Phi) is 6.60. The van der Waals surface area contributed by atoms with Crippen molar-refractivity contribution in [1.82, 2.24) is 20.3 Å². The highest BCUT2D eigenvalue weighted by atomic mass is 32.1. The van der Waals surface area contributed by atoms with Crippen LogP contribution in [0.3, 0.4) is 0 Å². The van der Waals surface area contributed by atoms with Crippen molar-refractivity contribution in [3.63, 3.8) is 0 Å². The third-order valence-electron chi connectivity index (χ3n) is 9.83. The van der Waals surface area contributed by atoms with Crippen molar-refractivity contribution in [2.75, 3.05) is 16.8 Å². The summed E-state index contributed by atoms with van der Waals surface area (Å²) in [7, 11) is 0. The maximum absolute atomic E-state index is 16.9. The third kappa shape index (κ3) is 4.74. The molecule has 0 radical (unpaired) electrons. The van der Waals surface area contributed by atoms with Gasteiger partial charge in [-0.25, -0.2) is 23.5 Å². The number of aromatic nitrogens is 3. The lowest BCUT2D eigenvalue weighted by molar-refractivity contribution is -0.223. The molecule has 4 fully saturated rings. The van der Waals surface area contributed by atoms with Crippen molar-refractivity contribution in [1.29, 1.82) is 5.26 Å². The van der Waals surface area contributed by atoms with Crippen LogP contribution in [0.1, 0.15) is 70.1 Å². The zero-order valence-electron chi connectivity index (χ0n) is 26.3. The molecule has 5 aliphatic rings. The van der Waals surface area contributed by atoms with Gasteiger partial charge in [0.1, 0.15) is 22.2 Å².